The van der Waals surface area contributed by atoms with Gasteiger partial charge in [-0.15, -0.1) is 0 Å². The van der Waals surface area contributed by atoms with E-state index in [1.54, 1.807) is 7.11 Å². The summed E-state index contributed by atoms with van der Waals surface area (Å²) in [6, 6.07) is 15.7. The molecule has 2 aliphatic heterocycles. The molecule has 3 heterocycles. The Morgan fingerprint density at radius 3 is 2.72 bits per heavy atom. The summed E-state index contributed by atoms with van der Waals surface area (Å²) in [7, 11) is 1.65. The number of para-hydroxylation sites is 1. The van der Waals surface area contributed by atoms with E-state index in [4.69, 9.17) is 23.5 Å². The number of nitrogens with one attached hydrogen (secondary N) is 1. The van der Waals surface area contributed by atoms with Crippen molar-refractivity contribution < 1.29 is 23.5 Å². The van der Waals surface area contributed by atoms with Crippen molar-refractivity contribution in [2.24, 2.45) is 0 Å². The van der Waals surface area contributed by atoms with Crippen molar-refractivity contribution >= 4 is 0 Å². The molecule has 0 aliphatic carbocycles. The van der Waals surface area contributed by atoms with E-state index in [0.717, 1.165) is 46.3 Å². The number of benzene rings is 2. The van der Waals surface area contributed by atoms with E-state index in [1.165, 1.54) is 0 Å². The van der Waals surface area contributed by atoms with Gasteiger partial charge in [-0.25, -0.2) is 0 Å². The van der Waals surface area contributed by atoms with Gasteiger partial charge in [-0.05, 0) is 30.3 Å². The highest BCUT2D eigenvalue weighted by molar-refractivity contribution is 5.58. The molecular weight excluding hydrogens is 372 g/mol. The summed E-state index contributed by atoms with van der Waals surface area (Å²) in [5.41, 5.74) is 2.76. The van der Waals surface area contributed by atoms with E-state index in [-0.39, 0.29) is 12.3 Å². The molecule has 0 amide bonds. The molecule has 0 unspecified atom stereocenters. The molecular formula is C22H22N2O5. The fourth-order valence-corrected chi connectivity index (χ4v) is 3.66. The fourth-order valence-electron chi connectivity index (χ4n) is 3.66. The Balaban J connectivity index is 1.28. The van der Waals surface area contributed by atoms with Crippen LogP contribution in [0.15, 0.2) is 53.1 Å². The summed E-state index contributed by atoms with van der Waals surface area (Å²) in [6.07, 6.45) is 0.721. The second-order valence-electron chi connectivity index (χ2n) is 7.37. The summed E-state index contributed by atoms with van der Waals surface area (Å²) < 4.78 is 27.4. The Bertz CT molecular complexity index is 995. The van der Waals surface area contributed by atoms with Gasteiger partial charge in [-0.1, -0.05) is 17.3 Å². The van der Waals surface area contributed by atoms with Crippen molar-refractivity contribution in [3.05, 3.63) is 59.8 Å². The van der Waals surface area contributed by atoms with Crippen LogP contribution >= 0.6 is 0 Å². The third-order valence-electron chi connectivity index (χ3n) is 5.34. The predicted octanol–water partition coefficient (Wildman–Crippen LogP) is 3.18. The number of fused-ring (bicyclic) bond motifs is 1. The molecule has 7 nitrogen and oxygen atoms in total. The minimum absolute atomic E-state index is 0.170. The number of rotatable bonds is 7. The first-order chi connectivity index (χ1) is 14.2. The van der Waals surface area contributed by atoms with Gasteiger partial charge in [0.2, 0.25) is 6.79 Å². The monoisotopic (exact) mass is 394 g/mol. The van der Waals surface area contributed by atoms with E-state index in [2.05, 4.69) is 10.5 Å². The molecule has 7 heteroatoms. The number of hydrogen-bond acceptors (Lipinski definition) is 7. The standard InChI is InChI=1S/C22H22N2O5/c1-25-18-7-5-15(6-8-18)20-9-17(24-29-20)10-22(12-26-13-22)23-11-16-3-2-4-19-21(16)28-14-27-19/h2-9,23H,10-14H2,1H3. The normalized spacial score (nSPS) is 16.4. The Kier molecular flexibility index (Phi) is 4.61. The summed E-state index contributed by atoms with van der Waals surface area (Å²) in [5, 5.41) is 7.90. The van der Waals surface area contributed by atoms with Gasteiger partial charge >= 0.3 is 0 Å². The zero-order valence-corrected chi connectivity index (χ0v) is 16.1. The number of aromatic nitrogens is 1. The Morgan fingerprint density at radius 2 is 1.97 bits per heavy atom. The molecule has 2 aliphatic rings. The van der Waals surface area contributed by atoms with E-state index < -0.39 is 0 Å². The van der Waals surface area contributed by atoms with Gasteiger partial charge in [0.05, 0.1) is 31.6 Å². The molecule has 29 heavy (non-hydrogen) atoms. The van der Waals surface area contributed by atoms with E-state index >= 15 is 0 Å². The molecule has 0 bridgehead atoms. The molecule has 1 aromatic heterocycles. The maximum absolute atomic E-state index is 5.60. The van der Waals surface area contributed by atoms with Gasteiger partial charge in [0.25, 0.3) is 0 Å². The van der Waals surface area contributed by atoms with Crippen molar-refractivity contribution in [3.8, 4) is 28.6 Å². The topological polar surface area (TPSA) is 75.0 Å². The van der Waals surface area contributed by atoms with Crippen LogP contribution in [0.5, 0.6) is 17.2 Å². The second-order valence-corrected chi connectivity index (χ2v) is 7.37. The van der Waals surface area contributed by atoms with Crippen LogP contribution in [0.4, 0.5) is 0 Å². The van der Waals surface area contributed by atoms with Crippen LogP contribution in [-0.2, 0) is 17.7 Å². The average Bonchev–Trinajstić information content (AvgIpc) is 3.39. The quantitative estimate of drug-likeness (QED) is 0.660. The van der Waals surface area contributed by atoms with Crippen LogP contribution in [0.1, 0.15) is 11.3 Å². The zero-order chi connectivity index (χ0) is 19.7. The van der Waals surface area contributed by atoms with Crippen LogP contribution in [0.3, 0.4) is 0 Å². The smallest absolute Gasteiger partial charge is 0.231 e. The summed E-state index contributed by atoms with van der Waals surface area (Å²) in [5.74, 6) is 3.16. The van der Waals surface area contributed by atoms with Gasteiger partial charge in [-0.2, -0.15) is 0 Å². The van der Waals surface area contributed by atoms with E-state index in [0.29, 0.717) is 19.8 Å². The number of methoxy groups -OCH3 is 1. The molecule has 1 N–H and O–H groups in total. The van der Waals surface area contributed by atoms with Crippen molar-refractivity contribution in [2.75, 3.05) is 27.1 Å². The van der Waals surface area contributed by atoms with Crippen LogP contribution in [0.25, 0.3) is 11.3 Å². The van der Waals surface area contributed by atoms with Gasteiger partial charge in [-0.3, -0.25) is 0 Å². The first-order valence-electron chi connectivity index (χ1n) is 9.55. The van der Waals surface area contributed by atoms with E-state index in [1.807, 2.05) is 48.5 Å². The Morgan fingerprint density at radius 1 is 1.10 bits per heavy atom. The molecule has 150 valence electrons. The number of nitrogens with zero attached hydrogens (tertiary/aromatic N) is 1. The molecule has 0 saturated carbocycles. The molecule has 5 rings (SSSR count). The van der Waals surface area contributed by atoms with Crippen molar-refractivity contribution in [2.45, 2.75) is 18.5 Å². The van der Waals surface area contributed by atoms with Crippen LogP contribution in [-0.4, -0.2) is 37.8 Å². The molecule has 1 fully saturated rings. The van der Waals surface area contributed by atoms with Gasteiger partial charge in [0.15, 0.2) is 17.3 Å². The highest BCUT2D eigenvalue weighted by Crippen LogP contribution is 2.36. The largest absolute Gasteiger partial charge is 0.497 e. The van der Waals surface area contributed by atoms with Crippen LogP contribution in [0.2, 0.25) is 0 Å². The predicted molar refractivity (Wildman–Crippen MR) is 105 cm³/mol. The van der Waals surface area contributed by atoms with Gasteiger partial charge < -0.3 is 28.8 Å². The number of hydrogen-bond donors (Lipinski definition) is 1. The third-order valence-corrected chi connectivity index (χ3v) is 5.34. The zero-order valence-electron chi connectivity index (χ0n) is 16.1. The lowest BCUT2D eigenvalue weighted by atomic mass is 9.90. The van der Waals surface area contributed by atoms with E-state index in [9.17, 15) is 0 Å². The lowest BCUT2D eigenvalue weighted by Gasteiger charge is -2.42. The van der Waals surface area contributed by atoms with Crippen LogP contribution < -0.4 is 19.5 Å². The van der Waals surface area contributed by atoms with Crippen molar-refractivity contribution in [1.82, 2.24) is 10.5 Å². The Hall–Kier alpha value is -3.03. The summed E-state index contributed by atoms with van der Waals surface area (Å²) >= 11 is 0. The first-order valence-corrected chi connectivity index (χ1v) is 9.55. The minimum atomic E-state index is -0.170. The minimum Gasteiger partial charge on any atom is -0.497 e. The SMILES string of the molecule is COc1ccc(-c2cc(CC3(NCc4cccc5c4OCO5)COC3)no2)cc1. The molecule has 3 aromatic rings. The van der Waals surface area contributed by atoms with Crippen LogP contribution in [0, 0.1) is 0 Å². The maximum Gasteiger partial charge on any atom is 0.231 e. The molecule has 0 spiro atoms. The average molecular weight is 394 g/mol. The Labute approximate surface area is 168 Å². The van der Waals surface area contributed by atoms with Gasteiger partial charge in [0.1, 0.15) is 5.75 Å². The first kappa shape index (κ1) is 18.0. The molecule has 0 radical (unpaired) electrons. The van der Waals surface area contributed by atoms with Crippen molar-refractivity contribution in [1.29, 1.82) is 0 Å². The molecule has 2 aromatic carbocycles. The second kappa shape index (κ2) is 7.42. The fraction of sp³-hybridized carbons (Fsp3) is 0.318. The lowest BCUT2D eigenvalue weighted by molar-refractivity contribution is -0.0756. The van der Waals surface area contributed by atoms with Crippen molar-refractivity contribution in [3.63, 3.8) is 0 Å². The van der Waals surface area contributed by atoms with Gasteiger partial charge in [0, 0.05) is 30.2 Å². The highest BCUT2D eigenvalue weighted by Gasteiger charge is 2.39. The third kappa shape index (κ3) is 3.54. The lowest BCUT2D eigenvalue weighted by Crippen LogP contribution is -2.61. The maximum atomic E-state index is 5.60. The molecule has 0 atom stereocenters. The number of ether oxygens (including phenoxy) is 4. The summed E-state index contributed by atoms with van der Waals surface area (Å²) in [6.45, 7) is 2.20. The molecule has 1 saturated heterocycles. The highest BCUT2D eigenvalue weighted by atomic mass is 16.7. The summed E-state index contributed by atoms with van der Waals surface area (Å²) in [4.78, 5) is 0.